The van der Waals surface area contributed by atoms with Crippen molar-refractivity contribution in [2.75, 3.05) is 19.5 Å². The number of amides is 1. The number of hydrogen-bond acceptors (Lipinski definition) is 6. The fraction of sp³-hybridized carbons (Fsp3) is 0.286. The minimum atomic E-state index is -1.05. The minimum absolute atomic E-state index is 0.0483. The normalized spacial score (nSPS) is 10.3. The van der Waals surface area contributed by atoms with Crippen LogP contribution in [0.3, 0.4) is 0 Å². The molecule has 1 N–H and O–H groups in total. The number of hydrogen-bond donors (Lipinski definition) is 1. The Morgan fingerprint density at radius 3 is 2.14 bits per heavy atom. The Hall–Kier alpha value is -3.35. The van der Waals surface area contributed by atoms with Gasteiger partial charge < -0.3 is 14.2 Å². The smallest absolute Gasteiger partial charge is 0.411 e. The zero-order valence-electron chi connectivity index (χ0n) is 16.1. The third-order valence-corrected chi connectivity index (χ3v) is 4.07. The third-order valence-electron chi connectivity index (χ3n) is 4.07. The second kappa shape index (κ2) is 10.1. The van der Waals surface area contributed by atoms with E-state index in [4.69, 9.17) is 4.74 Å². The van der Waals surface area contributed by atoms with E-state index in [9.17, 15) is 14.4 Å². The molecule has 0 unspecified atom stereocenters. The van der Waals surface area contributed by atoms with Gasteiger partial charge in [-0.2, -0.15) is 0 Å². The lowest BCUT2D eigenvalue weighted by molar-refractivity contribution is -0.158. The van der Waals surface area contributed by atoms with E-state index in [0.29, 0.717) is 5.69 Å². The summed E-state index contributed by atoms with van der Waals surface area (Å²) < 4.78 is 14.6. The first-order valence-corrected chi connectivity index (χ1v) is 8.67. The maximum Gasteiger partial charge on any atom is 0.411 e. The predicted octanol–water partition coefficient (Wildman–Crippen LogP) is 3.25. The van der Waals surface area contributed by atoms with Gasteiger partial charge in [0.2, 0.25) is 0 Å². The van der Waals surface area contributed by atoms with Crippen molar-refractivity contribution in [1.82, 2.24) is 0 Å². The monoisotopic (exact) mass is 385 g/mol. The second-order valence-electron chi connectivity index (χ2n) is 6.19. The van der Waals surface area contributed by atoms with Crippen LogP contribution >= 0.6 is 0 Å². The van der Waals surface area contributed by atoms with Gasteiger partial charge in [0.05, 0.1) is 14.2 Å². The highest BCUT2D eigenvalue weighted by atomic mass is 16.6. The van der Waals surface area contributed by atoms with Crippen LogP contribution in [0.5, 0.6) is 0 Å². The first kappa shape index (κ1) is 21.0. The zero-order chi connectivity index (χ0) is 20.5. The fourth-order valence-electron chi connectivity index (χ4n) is 2.57. The van der Waals surface area contributed by atoms with Crippen molar-refractivity contribution in [3.05, 3.63) is 65.2 Å². The SMILES string of the molecule is COC(=O)C(Cc1cccc(COC(=O)Nc2ccc(C)cc2)c1)C(=O)OC. The van der Waals surface area contributed by atoms with Crippen molar-refractivity contribution in [2.24, 2.45) is 5.92 Å². The number of aryl methyl sites for hydroxylation is 1. The molecule has 28 heavy (non-hydrogen) atoms. The number of ether oxygens (including phenoxy) is 3. The number of methoxy groups -OCH3 is 2. The van der Waals surface area contributed by atoms with Crippen molar-refractivity contribution in [3.8, 4) is 0 Å². The molecule has 0 bridgehead atoms. The molecular weight excluding hydrogens is 362 g/mol. The number of carbonyl (C=O) groups is 3. The molecule has 0 aliphatic rings. The van der Waals surface area contributed by atoms with Crippen LogP contribution in [0.25, 0.3) is 0 Å². The summed E-state index contributed by atoms with van der Waals surface area (Å²) in [5.41, 5.74) is 3.18. The molecule has 0 radical (unpaired) electrons. The topological polar surface area (TPSA) is 90.9 Å². The maximum atomic E-state index is 11.9. The number of anilines is 1. The van der Waals surface area contributed by atoms with Crippen molar-refractivity contribution in [2.45, 2.75) is 20.0 Å². The number of carbonyl (C=O) groups excluding carboxylic acids is 3. The molecule has 0 saturated heterocycles. The summed E-state index contributed by atoms with van der Waals surface area (Å²) in [4.78, 5) is 35.6. The van der Waals surface area contributed by atoms with Crippen molar-refractivity contribution in [3.63, 3.8) is 0 Å². The van der Waals surface area contributed by atoms with Crippen molar-refractivity contribution in [1.29, 1.82) is 0 Å². The molecule has 2 aromatic rings. The maximum absolute atomic E-state index is 11.9. The quantitative estimate of drug-likeness (QED) is 0.447. The molecule has 7 nitrogen and oxygen atoms in total. The molecular formula is C21H23NO6. The standard InChI is InChI=1S/C21H23NO6/c1-14-7-9-17(10-8-14)22-21(25)28-13-16-6-4-5-15(11-16)12-18(19(23)26-2)20(24)27-3/h4-11,18H,12-13H2,1-3H3,(H,22,25). The van der Waals surface area contributed by atoms with Gasteiger partial charge in [0.1, 0.15) is 6.61 Å². The third kappa shape index (κ3) is 6.12. The van der Waals surface area contributed by atoms with Crippen LogP contribution in [0.1, 0.15) is 16.7 Å². The highest BCUT2D eigenvalue weighted by molar-refractivity contribution is 5.95. The molecule has 0 fully saturated rings. The largest absolute Gasteiger partial charge is 0.468 e. The molecule has 0 saturated carbocycles. The van der Waals surface area contributed by atoms with Gasteiger partial charge in [-0.3, -0.25) is 14.9 Å². The van der Waals surface area contributed by atoms with Crippen LogP contribution < -0.4 is 5.32 Å². The molecule has 0 spiro atoms. The lowest BCUT2D eigenvalue weighted by atomic mass is 9.98. The van der Waals surface area contributed by atoms with E-state index in [1.54, 1.807) is 36.4 Å². The highest BCUT2D eigenvalue weighted by Crippen LogP contribution is 2.15. The van der Waals surface area contributed by atoms with Gasteiger partial charge in [-0.15, -0.1) is 0 Å². The van der Waals surface area contributed by atoms with Gasteiger partial charge in [0, 0.05) is 5.69 Å². The first-order chi connectivity index (χ1) is 13.4. The number of nitrogens with one attached hydrogen (secondary N) is 1. The van der Waals surface area contributed by atoms with Gasteiger partial charge in [-0.05, 0) is 36.6 Å². The van der Waals surface area contributed by atoms with E-state index >= 15 is 0 Å². The summed E-state index contributed by atoms with van der Waals surface area (Å²) in [5.74, 6) is -2.37. The molecule has 0 heterocycles. The van der Waals surface area contributed by atoms with Gasteiger partial charge >= 0.3 is 18.0 Å². The van der Waals surface area contributed by atoms with E-state index in [1.165, 1.54) is 14.2 Å². The molecule has 1 amide bonds. The molecule has 0 aromatic heterocycles. The van der Waals surface area contributed by atoms with E-state index in [-0.39, 0.29) is 13.0 Å². The lowest BCUT2D eigenvalue weighted by Gasteiger charge is -2.13. The molecule has 148 valence electrons. The van der Waals surface area contributed by atoms with E-state index in [2.05, 4.69) is 14.8 Å². The number of esters is 2. The van der Waals surface area contributed by atoms with Crippen molar-refractivity contribution >= 4 is 23.7 Å². The Labute approximate surface area is 163 Å². The summed E-state index contributed by atoms with van der Waals surface area (Å²) in [7, 11) is 2.43. The Balaban J connectivity index is 1.96. The van der Waals surface area contributed by atoms with Gasteiger partial charge in [0.15, 0.2) is 5.92 Å². The average Bonchev–Trinajstić information content (AvgIpc) is 2.71. The summed E-state index contributed by atoms with van der Waals surface area (Å²) in [6.07, 6.45) is -0.445. The van der Waals surface area contributed by atoms with Crippen LogP contribution in [-0.2, 0) is 36.8 Å². The Kier molecular flexibility index (Phi) is 7.56. The predicted molar refractivity (Wildman–Crippen MR) is 103 cm³/mol. The molecule has 2 aromatic carbocycles. The molecule has 2 rings (SSSR count). The van der Waals surface area contributed by atoms with E-state index in [1.807, 2.05) is 19.1 Å². The summed E-state index contributed by atoms with van der Waals surface area (Å²) in [5, 5.41) is 2.65. The summed E-state index contributed by atoms with van der Waals surface area (Å²) in [6.45, 7) is 2.01. The first-order valence-electron chi connectivity index (χ1n) is 8.67. The second-order valence-corrected chi connectivity index (χ2v) is 6.19. The fourth-order valence-corrected chi connectivity index (χ4v) is 2.57. The summed E-state index contributed by atoms with van der Waals surface area (Å²) >= 11 is 0. The van der Waals surface area contributed by atoms with Crippen LogP contribution in [0, 0.1) is 12.8 Å². The van der Waals surface area contributed by atoms with Crippen LogP contribution in [-0.4, -0.2) is 32.3 Å². The average molecular weight is 385 g/mol. The minimum Gasteiger partial charge on any atom is -0.468 e. The van der Waals surface area contributed by atoms with E-state index in [0.717, 1.165) is 16.7 Å². The molecule has 0 atom stereocenters. The highest BCUT2D eigenvalue weighted by Gasteiger charge is 2.28. The lowest BCUT2D eigenvalue weighted by Crippen LogP contribution is -2.28. The Morgan fingerprint density at radius 1 is 0.929 bits per heavy atom. The van der Waals surface area contributed by atoms with Crippen molar-refractivity contribution < 1.29 is 28.6 Å². The number of benzene rings is 2. The number of rotatable bonds is 7. The van der Waals surface area contributed by atoms with Crippen LogP contribution in [0.15, 0.2) is 48.5 Å². The zero-order valence-corrected chi connectivity index (χ0v) is 16.1. The van der Waals surface area contributed by atoms with E-state index < -0.39 is 23.9 Å². The van der Waals surface area contributed by atoms with Gasteiger partial charge in [-0.1, -0.05) is 42.0 Å². The molecule has 0 aliphatic carbocycles. The summed E-state index contributed by atoms with van der Waals surface area (Å²) in [6, 6.07) is 14.4. The Morgan fingerprint density at radius 2 is 1.54 bits per heavy atom. The van der Waals surface area contributed by atoms with Gasteiger partial charge in [-0.25, -0.2) is 4.79 Å². The Bertz CT molecular complexity index is 815. The van der Waals surface area contributed by atoms with Crippen LogP contribution in [0.2, 0.25) is 0 Å². The molecule has 0 aliphatic heterocycles. The molecule has 7 heteroatoms. The van der Waals surface area contributed by atoms with Gasteiger partial charge in [0.25, 0.3) is 0 Å². The van der Waals surface area contributed by atoms with Crippen LogP contribution in [0.4, 0.5) is 10.5 Å².